The number of benzene rings is 3. The van der Waals surface area contributed by atoms with Crippen molar-refractivity contribution in [3.63, 3.8) is 0 Å². The molecule has 0 saturated carbocycles. The van der Waals surface area contributed by atoms with Crippen LogP contribution in [0, 0.1) is 6.61 Å². The quantitative estimate of drug-likeness (QED) is 0.472. The zero-order chi connectivity index (χ0) is 21.3. The van der Waals surface area contributed by atoms with Gasteiger partial charge in [0.1, 0.15) is 24.9 Å². The van der Waals surface area contributed by atoms with E-state index in [4.69, 9.17) is 18.9 Å². The summed E-state index contributed by atoms with van der Waals surface area (Å²) < 4.78 is 24.8. The largest absolute Gasteiger partial charge is 0.368 e. The molecule has 1 aliphatic heterocycles. The van der Waals surface area contributed by atoms with Crippen molar-refractivity contribution in [3.05, 3.63) is 114 Å². The second-order valence-electron chi connectivity index (χ2n) is 7.76. The van der Waals surface area contributed by atoms with Crippen LogP contribution >= 0.6 is 0 Å². The van der Waals surface area contributed by atoms with Gasteiger partial charge in [0.15, 0.2) is 0 Å². The predicted octanol–water partition coefficient (Wildman–Crippen LogP) is 5.32. The van der Waals surface area contributed by atoms with E-state index in [1.54, 1.807) is 6.61 Å². The van der Waals surface area contributed by atoms with Crippen LogP contribution in [0.1, 0.15) is 23.6 Å². The van der Waals surface area contributed by atoms with E-state index in [1.165, 1.54) is 0 Å². The van der Waals surface area contributed by atoms with Gasteiger partial charge in [0.25, 0.3) is 0 Å². The third-order valence-electron chi connectivity index (χ3n) is 5.39. The Hall–Kier alpha value is -2.50. The Morgan fingerprint density at radius 3 is 1.48 bits per heavy atom. The van der Waals surface area contributed by atoms with Gasteiger partial charge in [-0.05, 0) is 23.6 Å². The zero-order valence-electron chi connectivity index (χ0n) is 17.8. The van der Waals surface area contributed by atoms with Gasteiger partial charge in [0, 0.05) is 0 Å². The molecule has 1 radical (unpaired) electrons. The molecule has 0 spiro atoms. The van der Waals surface area contributed by atoms with Crippen LogP contribution in [0.3, 0.4) is 0 Å². The van der Waals surface area contributed by atoms with Crippen LogP contribution in [-0.4, -0.2) is 24.4 Å². The topological polar surface area (TPSA) is 36.9 Å². The molecule has 1 saturated heterocycles. The van der Waals surface area contributed by atoms with Gasteiger partial charge in [-0.25, -0.2) is 0 Å². The average Bonchev–Trinajstić information content (AvgIpc) is 2.83. The molecule has 1 fully saturated rings. The monoisotopic (exact) mass is 417 g/mol. The second kappa shape index (κ2) is 11.2. The average molecular weight is 418 g/mol. The van der Waals surface area contributed by atoms with Crippen LogP contribution in [-0.2, 0) is 38.8 Å². The van der Waals surface area contributed by atoms with E-state index in [-0.39, 0.29) is 24.4 Å². The van der Waals surface area contributed by atoms with E-state index in [0.717, 1.165) is 16.7 Å². The van der Waals surface area contributed by atoms with E-state index in [0.29, 0.717) is 19.8 Å². The van der Waals surface area contributed by atoms with Gasteiger partial charge in [-0.3, -0.25) is 0 Å². The van der Waals surface area contributed by atoms with Crippen molar-refractivity contribution in [3.8, 4) is 0 Å². The summed E-state index contributed by atoms with van der Waals surface area (Å²) in [6.07, 6.45) is -1.01. The lowest BCUT2D eigenvalue weighted by Crippen LogP contribution is -2.53. The van der Waals surface area contributed by atoms with Crippen molar-refractivity contribution in [2.45, 2.75) is 51.2 Å². The molecule has 1 aliphatic rings. The SMILES string of the molecule is C[C@H]1O[CH][C@H](OCc2ccccc2)[C@@H](OCc2ccccc2)[C@H]1OCc1ccccc1. The maximum atomic E-state index is 6.38. The van der Waals surface area contributed by atoms with Crippen molar-refractivity contribution >= 4 is 0 Å². The maximum absolute atomic E-state index is 6.38. The molecule has 0 aliphatic carbocycles. The Balaban J connectivity index is 1.46. The lowest BCUT2D eigenvalue weighted by Gasteiger charge is -2.40. The van der Waals surface area contributed by atoms with Gasteiger partial charge in [-0.2, -0.15) is 0 Å². The van der Waals surface area contributed by atoms with E-state index < -0.39 is 0 Å². The molecule has 0 bridgehead atoms. The van der Waals surface area contributed by atoms with Crippen LogP contribution in [0.2, 0.25) is 0 Å². The van der Waals surface area contributed by atoms with Crippen LogP contribution in [0.25, 0.3) is 0 Å². The molecule has 0 N–H and O–H groups in total. The number of hydrogen-bond donors (Lipinski definition) is 0. The highest BCUT2D eigenvalue weighted by molar-refractivity contribution is 5.15. The molecular weight excluding hydrogens is 388 g/mol. The lowest BCUT2D eigenvalue weighted by molar-refractivity contribution is -0.214. The Morgan fingerprint density at radius 2 is 1.00 bits per heavy atom. The fourth-order valence-corrected chi connectivity index (χ4v) is 3.66. The standard InChI is InChI=1S/C27H29O4/c1-21-26(30-18-23-13-7-3-8-14-23)27(31-19-24-15-9-4-10-16-24)25(20-28-21)29-17-22-11-5-2-6-12-22/h2-16,20-21,25-27H,17-19H2,1H3/t21-,25+,26+,27-/m1/s1. The molecule has 161 valence electrons. The fraction of sp³-hybridized carbons (Fsp3) is 0.296. The van der Waals surface area contributed by atoms with Crippen molar-refractivity contribution in [1.82, 2.24) is 0 Å². The summed E-state index contributed by atoms with van der Waals surface area (Å²) in [5, 5.41) is 0. The van der Waals surface area contributed by atoms with E-state index in [2.05, 4.69) is 36.4 Å². The summed E-state index contributed by atoms with van der Waals surface area (Å²) in [6.45, 7) is 5.23. The van der Waals surface area contributed by atoms with Gasteiger partial charge in [-0.15, -0.1) is 0 Å². The summed E-state index contributed by atoms with van der Waals surface area (Å²) >= 11 is 0. The van der Waals surface area contributed by atoms with Crippen LogP contribution in [0.15, 0.2) is 91.0 Å². The normalized spacial score (nSPS) is 23.5. The zero-order valence-corrected chi connectivity index (χ0v) is 17.8. The summed E-state index contributed by atoms with van der Waals surface area (Å²) in [5.41, 5.74) is 3.34. The van der Waals surface area contributed by atoms with Crippen LogP contribution < -0.4 is 0 Å². The van der Waals surface area contributed by atoms with Gasteiger partial charge in [-0.1, -0.05) is 91.0 Å². The summed E-state index contributed by atoms with van der Waals surface area (Å²) in [6, 6.07) is 30.4. The summed E-state index contributed by atoms with van der Waals surface area (Å²) in [7, 11) is 0. The Morgan fingerprint density at radius 1 is 0.581 bits per heavy atom. The molecule has 4 heteroatoms. The minimum atomic E-state index is -0.333. The van der Waals surface area contributed by atoms with Crippen molar-refractivity contribution in [1.29, 1.82) is 0 Å². The lowest BCUT2D eigenvalue weighted by atomic mass is 10.00. The predicted molar refractivity (Wildman–Crippen MR) is 120 cm³/mol. The molecule has 4 atom stereocenters. The maximum Gasteiger partial charge on any atom is 0.116 e. The summed E-state index contributed by atoms with van der Waals surface area (Å²) in [5.74, 6) is 0. The van der Waals surface area contributed by atoms with Gasteiger partial charge in [0.2, 0.25) is 0 Å². The molecule has 0 unspecified atom stereocenters. The molecule has 31 heavy (non-hydrogen) atoms. The van der Waals surface area contributed by atoms with Crippen molar-refractivity contribution in [2.24, 2.45) is 0 Å². The third-order valence-corrected chi connectivity index (χ3v) is 5.39. The highest BCUT2D eigenvalue weighted by atomic mass is 16.6. The molecule has 3 aromatic carbocycles. The first-order valence-electron chi connectivity index (χ1n) is 10.7. The summed E-state index contributed by atoms with van der Waals surface area (Å²) in [4.78, 5) is 0. The number of rotatable bonds is 9. The number of ether oxygens (including phenoxy) is 4. The van der Waals surface area contributed by atoms with Gasteiger partial charge in [0.05, 0.1) is 25.9 Å². The molecule has 0 amide bonds. The first-order chi connectivity index (χ1) is 15.3. The van der Waals surface area contributed by atoms with Gasteiger partial charge >= 0.3 is 0 Å². The van der Waals surface area contributed by atoms with Crippen molar-refractivity contribution in [2.75, 3.05) is 0 Å². The Kier molecular flexibility index (Phi) is 7.86. The van der Waals surface area contributed by atoms with Crippen LogP contribution in [0.5, 0.6) is 0 Å². The minimum absolute atomic E-state index is 0.138. The second-order valence-corrected chi connectivity index (χ2v) is 7.76. The first kappa shape index (κ1) is 21.7. The first-order valence-corrected chi connectivity index (χ1v) is 10.7. The molecule has 3 aromatic rings. The third kappa shape index (κ3) is 6.25. The molecular formula is C27H29O4. The highest BCUT2D eigenvalue weighted by Crippen LogP contribution is 2.28. The Bertz CT molecular complexity index is 885. The molecule has 4 rings (SSSR count). The fourth-order valence-electron chi connectivity index (χ4n) is 3.66. The van der Waals surface area contributed by atoms with E-state index >= 15 is 0 Å². The highest BCUT2D eigenvalue weighted by Gasteiger charge is 2.41. The van der Waals surface area contributed by atoms with Crippen LogP contribution in [0.4, 0.5) is 0 Å². The molecule has 0 aromatic heterocycles. The number of hydrogen-bond acceptors (Lipinski definition) is 4. The van der Waals surface area contributed by atoms with Gasteiger partial charge < -0.3 is 18.9 Å². The Labute approximate surface area is 184 Å². The minimum Gasteiger partial charge on any atom is -0.368 e. The molecule has 1 heterocycles. The molecule has 4 nitrogen and oxygen atoms in total. The smallest absolute Gasteiger partial charge is 0.116 e. The van der Waals surface area contributed by atoms with E-state index in [1.807, 2.05) is 61.5 Å². The van der Waals surface area contributed by atoms with Crippen molar-refractivity contribution < 1.29 is 18.9 Å². The van der Waals surface area contributed by atoms with E-state index in [9.17, 15) is 0 Å².